The lowest BCUT2D eigenvalue weighted by Crippen LogP contribution is -2.38. The SMILES string of the molecule is N#CCCCN1CCCCS1(=O)=O. The van der Waals surface area contributed by atoms with Crippen molar-refractivity contribution >= 4 is 10.0 Å². The van der Waals surface area contributed by atoms with Crippen LogP contribution >= 0.6 is 0 Å². The molecule has 0 spiro atoms. The molecular weight excluding hydrogens is 188 g/mol. The molecule has 1 saturated heterocycles. The molecule has 4 nitrogen and oxygen atoms in total. The molecule has 0 aliphatic carbocycles. The van der Waals surface area contributed by atoms with Crippen LogP contribution < -0.4 is 0 Å². The Kier molecular flexibility index (Phi) is 3.70. The van der Waals surface area contributed by atoms with E-state index in [4.69, 9.17) is 5.26 Å². The van der Waals surface area contributed by atoms with Crippen molar-refractivity contribution in [3.8, 4) is 6.07 Å². The molecule has 0 aromatic heterocycles. The van der Waals surface area contributed by atoms with E-state index in [9.17, 15) is 8.42 Å². The number of hydrogen-bond donors (Lipinski definition) is 0. The van der Waals surface area contributed by atoms with E-state index in [2.05, 4.69) is 0 Å². The van der Waals surface area contributed by atoms with Gasteiger partial charge >= 0.3 is 0 Å². The van der Waals surface area contributed by atoms with Crippen LogP contribution in [0.3, 0.4) is 0 Å². The average Bonchev–Trinajstić information content (AvgIpc) is 2.08. The zero-order chi connectivity index (χ0) is 9.73. The first-order chi connectivity index (χ1) is 6.17. The van der Waals surface area contributed by atoms with Crippen LogP contribution in [0.4, 0.5) is 0 Å². The van der Waals surface area contributed by atoms with E-state index < -0.39 is 10.0 Å². The van der Waals surface area contributed by atoms with Gasteiger partial charge in [0.05, 0.1) is 11.8 Å². The zero-order valence-corrected chi connectivity index (χ0v) is 8.39. The molecule has 0 amide bonds. The highest BCUT2D eigenvalue weighted by molar-refractivity contribution is 7.89. The second kappa shape index (κ2) is 4.58. The number of rotatable bonds is 3. The largest absolute Gasteiger partial charge is 0.214 e. The Morgan fingerprint density at radius 1 is 1.38 bits per heavy atom. The van der Waals surface area contributed by atoms with Crippen molar-refractivity contribution in [1.29, 1.82) is 5.26 Å². The lowest BCUT2D eigenvalue weighted by Gasteiger charge is -2.25. The van der Waals surface area contributed by atoms with Crippen molar-refractivity contribution in [2.24, 2.45) is 0 Å². The van der Waals surface area contributed by atoms with Crippen LogP contribution in [0.15, 0.2) is 0 Å². The highest BCUT2D eigenvalue weighted by atomic mass is 32.2. The number of sulfonamides is 1. The van der Waals surface area contributed by atoms with Crippen LogP contribution in [0.25, 0.3) is 0 Å². The monoisotopic (exact) mass is 202 g/mol. The Bertz CT molecular complexity index is 292. The molecule has 0 bridgehead atoms. The van der Waals surface area contributed by atoms with Crippen LogP contribution in [-0.4, -0.2) is 31.6 Å². The second-order valence-corrected chi connectivity index (χ2v) is 5.27. The quantitative estimate of drug-likeness (QED) is 0.633. The Morgan fingerprint density at radius 2 is 2.15 bits per heavy atom. The summed E-state index contributed by atoms with van der Waals surface area (Å²) in [6.45, 7) is 1.14. The number of nitriles is 1. The molecular formula is C8H14N2O2S. The van der Waals surface area contributed by atoms with Crippen LogP contribution in [0.5, 0.6) is 0 Å². The first-order valence-corrected chi connectivity index (χ1v) is 6.12. The first kappa shape index (κ1) is 10.5. The minimum atomic E-state index is -2.98. The van der Waals surface area contributed by atoms with Gasteiger partial charge in [-0.2, -0.15) is 5.26 Å². The molecule has 0 atom stereocenters. The molecule has 1 aliphatic rings. The molecule has 0 unspecified atom stereocenters. The van der Waals surface area contributed by atoms with E-state index >= 15 is 0 Å². The minimum absolute atomic E-state index is 0.277. The Labute approximate surface area is 79.2 Å². The molecule has 5 heteroatoms. The third-order valence-corrected chi connectivity index (χ3v) is 4.11. The minimum Gasteiger partial charge on any atom is -0.212 e. The number of nitrogens with zero attached hydrogens (tertiary/aromatic N) is 2. The summed E-state index contributed by atoms with van der Waals surface area (Å²) in [6, 6.07) is 2.01. The van der Waals surface area contributed by atoms with E-state index in [1.165, 1.54) is 4.31 Å². The van der Waals surface area contributed by atoms with Gasteiger partial charge in [0.2, 0.25) is 10.0 Å². The van der Waals surface area contributed by atoms with Gasteiger partial charge in [-0.05, 0) is 19.3 Å². The van der Waals surface area contributed by atoms with Crippen LogP contribution in [-0.2, 0) is 10.0 Å². The third kappa shape index (κ3) is 2.98. The van der Waals surface area contributed by atoms with Crippen molar-refractivity contribution < 1.29 is 8.42 Å². The predicted octanol–water partition coefficient (Wildman–Crippen LogP) is 0.716. The summed E-state index contributed by atoms with van der Waals surface area (Å²) < 4.78 is 24.3. The molecule has 74 valence electrons. The smallest absolute Gasteiger partial charge is 0.212 e. The van der Waals surface area contributed by atoms with Crippen molar-refractivity contribution in [2.75, 3.05) is 18.8 Å². The van der Waals surface area contributed by atoms with Crippen LogP contribution in [0, 0.1) is 11.3 Å². The van der Waals surface area contributed by atoms with Gasteiger partial charge in [-0.15, -0.1) is 0 Å². The molecule has 0 N–H and O–H groups in total. The van der Waals surface area contributed by atoms with Gasteiger partial charge in [-0.25, -0.2) is 12.7 Å². The van der Waals surface area contributed by atoms with Crippen molar-refractivity contribution in [1.82, 2.24) is 4.31 Å². The van der Waals surface area contributed by atoms with Crippen molar-refractivity contribution in [3.05, 3.63) is 0 Å². The fraction of sp³-hybridized carbons (Fsp3) is 0.875. The van der Waals surface area contributed by atoms with Gasteiger partial charge in [0, 0.05) is 19.5 Å². The molecule has 13 heavy (non-hydrogen) atoms. The second-order valence-electron chi connectivity index (χ2n) is 3.18. The average molecular weight is 202 g/mol. The number of unbranched alkanes of at least 4 members (excludes halogenated alkanes) is 1. The summed E-state index contributed by atoms with van der Waals surface area (Å²) in [5.41, 5.74) is 0. The van der Waals surface area contributed by atoms with Gasteiger partial charge in [-0.1, -0.05) is 0 Å². The van der Waals surface area contributed by atoms with Gasteiger partial charge in [0.25, 0.3) is 0 Å². The van der Waals surface area contributed by atoms with E-state index in [0.29, 0.717) is 25.9 Å². The Balaban J connectivity index is 2.43. The van der Waals surface area contributed by atoms with Crippen LogP contribution in [0.1, 0.15) is 25.7 Å². The zero-order valence-electron chi connectivity index (χ0n) is 7.57. The summed E-state index contributed by atoms with van der Waals surface area (Å²) >= 11 is 0. The standard InChI is InChI=1S/C8H14N2O2S/c9-5-1-2-6-10-7-3-4-8-13(10,11)12/h1-4,6-8H2. The molecule has 1 aliphatic heterocycles. The summed E-state index contributed by atoms with van der Waals surface area (Å²) in [4.78, 5) is 0. The van der Waals surface area contributed by atoms with Crippen LogP contribution in [0.2, 0.25) is 0 Å². The normalized spacial score (nSPS) is 22.4. The van der Waals surface area contributed by atoms with E-state index in [1.54, 1.807) is 0 Å². The topological polar surface area (TPSA) is 61.2 Å². The van der Waals surface area contributed by atoms with Gasteiger partial charge in [-0.3, -0.25) is 0 Å². The van der Waals surface area contributed by atoms with Gasteiger partial charge in [0.15, 0.2) is 0 Å². The van der Waals surface area contributed by atoms with Crippen molar-refractivity contribution in [3.63, 3.8) is 0 Å². The summed E-state index contributed by atoms with van der Waals surface area (Å²) in [6.07, 6.45) is 2.81. The van der Waals surface area contributed by atoms with Gasteiger partial charge < -0.3 is 0 Å². The maximum atomic E-state index is 11.4. The Hall–Kier alpha value is -0.600. The summed E-state index contributed by atoms with van der Waals surface area (Å²) in [7, 11) is -2.98. The molecule has 0 aromatic rings. The molecule has 0 radical (unpaired) electrons. The van der Waals surface area contributed by atoms with Gasteiger partial charge in [0.1, 0.15) is 0 Å². The van der Waals surface area contributed by atoms with E-state index in [-0.39, 0.29) is 5.75 Å². The van der Waals surface area contributed by atoms with E-state index in [1.807, 2.05) is 6.07 Å². The summed E-state index contributed by atoms with van der Waals surface area (Å²) in [5, 5.41) is 8.31. The lowest BCUT2D eigenvalue weighted by atomic mass is 10.3. The highest BCUT2D eigenvalue weighted by Crippen LogP contribution is 2.13. The maximum Gasteiger partial charge on any atom is 0.214 e. The molecule has 1 rings (SSSR count). The Morgan fingerprint density at radius 3 is 2.77 bits per heavy atom. The first-order valence-electron chi connectivity index (χ1n) is 4.51. The fourth-order valence-corrected chi connectivity index (χ4v) is 3.07. The maximum absolute atomic E-state index is 11.4. The number of hydrogen-bond acceptors (Lipinski definition) is 3. The molecule has 0 saturated carbocycles. The highest BCUT2D eigenvalue weighted by Gasteiger charge is 2.24. The summed E-state index contributed by atoms with van der Waals surface area (Å²) in [5.74, 6) is 0.277. The van der Waals surface area contributed by atoms with E-state index in [0.717, 1.165) is 12.8 Å². The van der Waals surface area contributed by atoms with Crippen molar-refractivity contribution in [2.45, 2.75) is 25.7 Å². The lowest BCUT2D eigenvalue weighted by molar-refractivity contribution is 0.379. The predicted molar refractivity (Wildman–Crippen MR) is 49.4 cm³/mol. The third-order valence-electron chi connectivity index (χ3n) is 2.15. The molecule has 1 fully saturated rings. The molecule has 1 heterocycles. The fourth-order valence-electron chi connectivity index (χ4n) is 1.43. The molecule has 0 aromatic carbocycles.